The van der Waals surface area contributed by atoms with Crippen LogP contribution in [-0.2, 0) is 16.0 Å². The molecule has 7 heteroatoms. The van der Waals surface area contributed by atoms with Crippen LogP contribution < -0.4 is 19.7 Å². The van der Waals surface area contributed by atoms with Gasteiger partial charge in [0.25, 0.3) is 0 Å². The Balaban J connectivity index is 1.48. The lowest BCUT2D eigenvalue weighted by atomic mass is 10.1. The standard InChI is InChI=1S/C21H23ClN2O4/c22-16-12-15(13-19-21(16)28-9-3-8-27-19)14-20(25)23-17-4-1-2-5-18(17)24-6-10-26-11-7-24/h1-2,4-5,12-13H,3,6-11,14H2,(H,23,25). The molecule has 0 aromatic heterocycles. The molecular formula is C21H23ClN2O4. The van der Waals surface area contributed by atoms with E-state index < -0.39 is 0 Å². The number of hydrogen-bond donors (Lipinski definition) is 1. The fourth-order valence-electron chi connectivity index (χ4n) is 3.43. The minimum atomic E-state index is -0.105. The van der Waals surface area contributed by atoms with Crippen LogP contribution in [0, 0.1) is 0 Å². The number of para-hydroxylation sites is 2. The summed E-state index contributed by atoms with van der Waals surface area (Å²) in [5.74, 6) is 1.05. The zero-order valence-electron chi connectivity index (χ0n) is 15.6. The third-order valence-corrected chi connectivity index (χ3v) is 5.04. The summed E-state index contributed by atoms with van der Waals surface area (Å²) in [4.78, 5) is 14.9. The second-order valence-electron chi connectivity index (χ2n) is 6.80. The van der Waals surface area contributed by atoms with E-state index in [0.29, 0.717) is 42.9 Å². The average Bonchev–Trinajstić information content (AvgIpc) is 2.95. The SMILES string of the molecule is O=C(Cc1cc(Cl)c2c(c1)OCCCO2)Nc1ccccc1N1CCOCC1. The van der Waals surface area contributed by atoms with E-state index in [1.54, 1.807) is 6.07 Å². The number of amides is 1. The van der Waals surface area contributed by atoms with E-state index in [4.69, 9.17) is 25.8 Å². The highest BCUT2D eigenvalue weighted by Gasteiger charge is 2.18. The van der Waals surface area contributed by atoms with E-state index in [2.05, 4.69) is 10.2 Å². The van der Waals surface area contributed by atoms with Crippen molar-refractivity contribution < 1.29 is 19.0 Å². The van der Waals surface area contributed by atoms with E-state index in [9.17, 15) is 4.79 Å². The molecular weight excluding hydrogens is 380 g/mol. The van der Waals surface area contributed by atoms with Gasteiger partial charge in [-0.15, -0.1) is 0 Å². The van der Waals surface area contributed by atoms with E-state index in [1.807, 2.05) is 30.3 Å². The molecule has 2 aromatic rings. The van der Waals surface area contributed by atoms with Crippen LogP contribution in [0.15, 0.2) is 36.4 Å². The van der Waals surface area contributed by atoms with E-state index in [-0.39, 0.29) is 12.3 Å². The molecule has 2 heterocycles. The van der Waals surface area contributed by atoms with Crippen molar-refractivity contribution in [3.8, 4) is 11.5 Å². The van der Waals surface area contributed by atoms with Crippen molar-refractivity contribution in [2.45, 2.75) is 12.8 Å². The van der Waals surface area contributed by atoms with Crippen LogP contribution in [0.2, 0.25) is 5.02 Å². The van der Waals surface area contributed by atoms with Crippen LogP contribution in [0.3, 0.4) is 0 Å². The Hall–Kier alpha value is -2.44. The number of nitrogens with one attached hydrogen (secondary N) is 1. The Labute approximate surface area is 169 Å². The van der Waals surface area contributed by atoms with Crippen LogP contribution in [0.4, 0.5) is 11.4 Å². The van der Waals surface area contributed by atoms with Gasteiger partial charge in [0.05, 0.1) is 49.2 Å². The molecule has 2 aromatic carbocycles. The first kappa shape index (κ1) is 18.9. The van der Waals surface area contributed by atoms with Crippen molar-refractivity contribution in [3.63, 3.8) is 0 Å². The molecule has 0 spiro atoms. The summed E-state index contributed by atoms with van der Waals surface area (Å²) in [5.41, 5.74) is 2.60. The Kier molecular flexibility index (Phi) is 5.88. The predicted octanol–water partition coefficient (Wildman–Crippen LogP) is 3.52. The lowest BCUT2D eigenvalue weighted by Crippen LogP contribution is -2.36. The Bertz CT molecular complexity index is 852. The van der Waals surface area contributed by atoms with Crippen LogP contribution >= 0.6 is 11.6 Å². The van der Waals surface area contributed by atoms with Gasteiger partial charge >= 0.3 is 0 Å². The lowest BCUT2D eigenvalue weighted by molar-refractivity contribution is -0.115. The number of rotatable bonds is 4. The summed E-state index contributed by atoms with van der Waals surface area (Å²) in [7, 11) is 0. The molecule has 1 amide bonds. The van der Waals surface area contributed by atoms with Crippen molar-refractivity contribution in [1.29, 1.82) is 0 Å². The predicted molar refractivity (Wildman–Crippen MR) is 109 cm³/mol. The minimum Gasteiger partial charge on any atom is -0.489 e. The third kappa shape index (κ3) is 4.34. The highest BCUT2D eigenvalue weighted by Crippen LogP contribution is 2.38. The fourth-order valence-corrected chi connectivity index (χ4v) is 3.71. The molecule has 0 saturated carbocycles. The Morgan fingerprint density at radius 1 is 1.07 bits per heavy atom. The number of carbonyl (C=O) groups is 1. The van der Waals surface area contributed by atoms with Gasteiger partial charge in [-0.2, -0.15) is 0 Å². The van der Waals surface area contributed by atoms with E-state index >= 15 is 0 Å². The van der Waals surface area contributed by atoms with Gasteiger partial charge in [0, 0.05) is 19.5 Å². The quantitative estimate of drug-likeness (QED) is 0.847. The summed E-state index contributed by atoms with van der Waals surface area (Å²) < 4.78 is 16.8. The summed E-state index contributed by atoms with van der Waals surface area (Å²) in [6.45, 7) is 4.15. The molecule has 2 aliphatic rings. The summed E-state index contributed by atoms with van der Waals surface area (Å²) >= 11 is 6.34. The van der Waals surface area contributed by atoms with E-state index in [1.165, 1.54) is 0 Å². The number of hydrogen-bond acceptors (Lipinski definition) is 5. The topological polar surface area (TPSA) is 60.0 Å². The fraction of sp³-hybridized carbons (Fsp3) is 0.381. The molecule has 1 fully saturated rings. The van der Waals surface area contributed by atoms with Gasteiger partial charge in [-0.05, 0) is 29.8 Å². The molecule has 4 rings (SSSR count). The van der Waals surface area contributed by atoms with Gasteiger partial charge < -0.3 is 24.4 Å². The number of anilines is 2. The maximum absolute atomic E-state index is 12.7. The summed E-state index contributed by atoms with van der Waals surface area (Å²) in [6, 6.07) is 11.4. The number of halogens is 1. The molecule has 1 N–H and O–H groups in total. The Morgan fingerprint density at radius 3 is 2.71 bits per heavy atom. The molecule has 2 aliphatic heterocycles. The number of nitrogens with zero attached hydrogens (tertiary/aromatic N) is 1. The third-order valence-electron chi connectivity index (χ3n) is 4.76. The lowest BCUT2D eigenvalue weighted by Gasteiger charge is -2.30. The van der Waals surface area contributed by atoms with Crippen molar-refractivity contribution in [1.82, 2.24) is 0 Å². The van der Waals surface area contributed by atoms with Crippen molar-refractivity contribution >= 4 is 28.9 Å². The van der Waals surface area contributed by atoms with Crippen molar-refractivity contribution in [2.75, 3.05) is 49.7 Å². The maximum atomic E-state index is 12.7. The first-order chi connectivity index (χ1) is 13.7. The molecule has 0 aliphatic carbocycles. The first-order valence-electron chi connectivity index (χ1n) is 9.50. The van der Waals surface area contributed by atoms with Crippen LogP contribution in [0.5, 0.6) is 11.5 Å². The first-order valence-corrected chi connectivity index (χ1v) is 9.88. The smallest absolute Gasteiger partial charge is 0.228 e. The van der Waals surface area contributed by atoms with Crippen LogP contribution in [0.1, 0.15) is 12.0 Å². The number of fused-ring (bicyclic) bond motifs is 1. The van der Waals surface area contributed by atoms with Gasteiger partial charge in [0.15, 0.2) is 11.5 Å². The maximum Gasteiger partial charge on any atom is 0.228 e. The van der Waals surface area contributed by atoms with E-state index in [0.717, 1.165) is 36.4 Å². The normalized spacial score (nSPS) is 16.4. The van der Waals surface area contributed by atoms with Crippen molar-refractivity contribution in [2.24, 2.45) is 0 Å². The second-order valence-corrected chi connectivity index (χ2v) is 7.20. The number of carbonyl (C=O) groups excluding carboxylic acids is 1. The number of morpholine rings is 1. The molecule has 1 saturated heterocycles. The van der Waals surface area contributed by atoms with Crippen LogP contribution in [-0.4, -0.2) is 45.4 Å². The van der Waals surface area contributed by atoms with Gasteiger partial charge in [-0.1, -0.05) is 23.7 Å². The van der Waals surface area contributed by atoms with Crippen LogP contribution in [0.25, 0.3) is 0 Å². The Morgan fingerprint density at radius 2 is 1.86 bits per heavy atom. The zero-order chi connectivity index (χ0) is 19.3. The minimum absolute atomic E-state index is 0.105. The van der Waals surface area contributed by atoms with Gasteiger partial charge in [0.2, 0.25) is 5.91 Å². The molecule has 0 atom stereocenters. The molecule has 28 heavy (non-hydrogen) atoms. The summed E-state index contributed by atoms with van der Waals surface area (Å²) in [6.07, 6.45) is 1.01. The van der Waals surface area contributed by atoms with Gasteiger partial charge in [-0.25, -0.2) is 0 Å². The number of ether oxygens (including phenoxy) is 3. The summed E-state index contributed by atoms with van der Waals surface area (Å²) in [5, 5.41) is 3.50. The highest BCUT2D eigenvalue weighted by atomic mass is 35.5. The molecule has 0 radical (unpaired) electrons. The molecule has 0 bridgehead atoms. The second kappa shape index (κ2) is 8.71. The van der Waals surface area contributed by atoms with Crippen molar-refractivity contribution in [3.05, 3.63) is 47.0 Å². The average molecular weight is 403 g/mol. The molecule has 148 valence electrons. The molecule has 6 nitrogen and oxygen atoms in total. The van der Waals surface area contributed by atoms with Gasteiger partial charge in [0.1, 0.15) is 0 Å². The number of benzene rings is 2. The van der Waals surface area contributed by atoms with Gasteiger partial charge in [-0.3, -0.25) is 4.79 Å². The highest BCUT2D eigenvalue weighted by molar-refractivity contribution is 6.32. The monoisotopic (exact) mass is 402 g/mol. The zero-order valence-corrected chi connectivity index (χ0v) is 16.3. The molecule has 0 unspecified atom stereocenters. The largest absolute Gasteiger partial charge is 0.489 e.